The number of carboxylic acids is 2. The molecular weight excluding hydrogens is 274 g/mol. The van der Waals surface area contributed by atoms with Crippen molar-refractivity contribution in [3.63, 3.8) is 0 Å². The lowest BCUT2D eigenvalue weighted by molar-refractivity contribution is -0.139. The van der Waals surface area contributed by atoms with E-state index in [-0.39, 0.29) is 12.8 Å². The number of carbonyl (C=O) groups excluding carboxylic acids is 1. The van der Waals surface area contributed by atoms with E-state index in [1.807, 2.05) is 6.92 Å². The quantitative estimate of drug-likeness (QED) is 0.359. The zero-order valence-corrected chi connectivity index (χ0v) is 12.8. The number of hydrogen-bond acceptors (Lipinski definition) is 4. The van der Waals surface area contributed by atoms with Gasteiger partial charge >= 0.3 is 11.9 Å². The summed E-state index contributed by atoms with van der Waals surface area (Å²) in [6.45, 7) is 6.14. The Labute approximate surface area is 125 Å². The first-order valence-electron chi connectivity index (χ1n) is 6.65. The fourth-order valence-corrected chi connectivity index (χ4v) is 1.19. The number of aldehydes is 1. The third-order valence-electron chi connectivity index (χ3n) is 2.43. The molecular formula is C15H25NO5. The molecule has 120 valence electrons. The standard InChI is InChI=1S/C10H16O.C5H9NO4/c1-9(2)5-4-6-10(3)7-8-11;6-3(5(9)10)1-2-4(7)8/h5,7-8H,4,6H2,1-3H3;3H,1-2,6H2,(H,7,8)(H,9,10)/t;3-/m.0/s1. The van der Waals surface area contributed by atoms with Gasteiger partial charge in [0.2, 0.25) is 0 Å². The zero-order valence-electron chi connectivity index (χ0n) is 12.8. The molecule has 0 aromatic rings. The molecule has 21 heavy (non-hydrogen) atoms. The molecule has 0 amide bonds. The third-order valence-corrected chi connectivity index (χ3v) is 2.43. The van der Waals surface area contributed by atoms with Gasteiger partial charge in [-0.25, -0.2) is 0 Å². The average Bonchev–Trinajstić information content (AvgIpc) is 2.36. The van der Waals surface area contributed by atoms with Crippen LogP contribution < -0.4 is 5.73 Å². The summed E-state index contributed by atoms with van der Waals surface area (Å²) in [7, 11) is 0. The van der Waals surface area contributed by atoms with Crippen LogP contribution in [0.1, 0.15) is 46.5 Å². The van der Waals surface area contributed by atoms with E-state index in [1.54, 1.807) is 6.08 Å². The van der Waals surface area contributed by atoms with Crippen LogP contribution in [0.5, 0.6) is 0 Å². The SMILES string of the molecule is CC(C)=CCCC(C)=CC=O.N[C@@H](CCC(=O)O)C(=O)O. The molecule has 6 nitrogen and oxygen atoms in total. The molecule has 0 spiro atoms. The van der Waals surface area contributed by atoms with Gasteiger partial charge in [-0.05, 0) is 46.1 Å². The van der Waals surface area contributed by atoms with Gasteiger partial charge in [0.05, 0.1) is 0 Å². The molecule has 0 saturated heterocycles. The Morgan fingerprint density at radius 1 is 1.14 bits per heavy atom. The van der Waals surface area contributed by atoms with E-state index >= 15 is 0 Å². The number of allylic oxidation sites excluding steroid dienone is 4. The van der Waals surface area contributed by atoms with Crippen molar-refractivity contribution < 1.29 is 24.6 Å². The predicted molar refractivity (Wildman–Crippen MR) is 81.0 cm³/mol. The summed E-state index contributed by atoms with van der Waals surface area (Å²) in [6, 6.07) is -1.06. The van der Waals surface area contributed by atoms with Crippen LogP contribution in [0.25, 0.3) is 0 Å². The van der Waals surface area contributed by atoms with E-state index in [2.05, 4.69) is 19.9 Å². The van der Waals surface area contributed by atoms with Crippen molar-refractivity contribution >= 4 is 18.2 Å². The fraction of sp³-hybridized carbons (Fsp3) is 0.533. The Morgan fingerprint density at radius 2 is 1.71 bits per heavy atom. The molecule has 4 N–H and O–H groups in total. The van der Waals surface area contributed by atoms with Crippen LogP contribution in [0.2, 0.25) is 0 Å². The van der Waals surface area contributed by atoms with E-state index in [4.69, 9.17) is 15.9 Å². The summed E-state index contributed by atoms with van der Waals surface area (Å²) < 4.78 is 0. The second-order valence-electron chi connectivity index (χ2n) is 4.85. The Hall–Kier alpha value is -1.95. The summed E-state index contributed by atoms with van der Waals surface area (Å²) in [4.78, 5) is 29.9. The number of carboxylic acid groups (broad SMARTS) is 2. The fourth-order valence-electron chi connectivity index (χ4n) is 1.19. The minimum atomic E-state index is -1.17. The maximum Gasteiger partial charge on any atom is 0.320 e. The highest BCUT2D eigenvalue weighted by atomic mass is 16.4. The minimum Gasteiger partial charge on any atom is -0.481 e. The molecule has 0 aliphatic carbocycles. The number of nitrogens with two attached hydrogens (primary N) is 1. The summed E-state index contributed by atoms with van der Waals surface area (Å²) in [6.07, 6.45) is 6.46. The predicted octanol–water partition coefficient (Wildman–Crippen LogP) is 2.14. The molecule has 0 aliphatic heterocycles. The first-order chi connectivity index (χ1) is 9.70. The molecule has 0 radical (unpaired) electrons. The van der Waals surface area contributed by atoms with Gasteiger partial charge in [-0.1, -0.05) is 17.2 Å². The van der Waals surface area contributed by atoms with Crippen molar-refractivity contribution in [2.75, 3.05) is 0 Å². The van der Waals surface area contributed by atoms with Crippen molar-refractivity contribution in [2.24, 2.45) is 5.73 Å². The maximum atomic E-state index is 10.0. The Kier molecular flexibility index (Phi) is 13.3. The van der Waals surface area contributed by atoms with Gasteiger partial charge in [0.25, 0.3) is 0 Å². The van der Waals surface area contributed by atoms with E-state index in [0.29, 0.717) is 0 Å². The largest absolute Gasteiger partial charge is 0.481 e. The maximum absolute atomic E-state index is 10.0. The van der Waals surface area contributed by atoms with Gasteiger partial charge in [-0.2, -0.15) is 0 Å². The van der Waals surface area contributed by atoms with Crippen LogP contribution in [0, 0.1) is 0 Å². The lowest BCUT2D eigenvalue weighted by atomic mass is 10.1. The van der Waals surface area contributed by atoms with E-state index < -0.39 is 18.0 Å². The number of rotatable bonds is 8. The van der Waals surface area contributed by atoms with Gasteiger partial charge < -0.3 is 15.9 Å². The van der Waals surface area contributed by atoms with Crippen LogP contribution in [-0.2, 0) is 14.4 Å². The van der Waals surface area contributed by atoms with Gasteiger partial charge in [0.1, 0.15) is 12.3 Å². The Balaban J connectivity index is 0. The van der Waals surface area contributed by atoms with Crippen molar-refractivity contribution in [3.05, 3.63) is 23.3 Å². The second-order valence-corrected chi connectivity index (χ2v) is 4.85. The highest BCUT2D eigenvalue weighted by Crippen LogP contribution is 2.05. The Morgan fingerprint density at radius 3 is 2.10 bits per heavy atom. The van der Waals surface area contributed by atoms with E-state index in [9.17, 15) is 14.4 Å². The van der Waals surface area contributed by atoms with Gasteiger partial charge in [-0.15, -0.1) is 0 Å². The number of aliphatic carboxylic acids is 2. The summed E-state index contributed by atoms with van der Waals surface area (Å²) in [5, 5.41) is 16.3. The van der Waals surface area contributed by atoms with Gasteiger partial charge in [0, 0.05) is 6.42 Å². The molecule has 1 atom stereocenters. The number of hydrogen-bond donors (Lipinski definition) is 3. The topological polar surface area (TPSA) is 118 Å². The third kappa shape index (κ3) is 18.1. The first kappa shape index (κ1) is 21.4. The molecule has 0 bridgehead atoms. The summed E-state index contributed by atoms with van der Waals surface area (Å²) >= 11 is 0. The van der Waals surface area contributed by atoms with Gasteiger partial charge in [0.15, 0.2) is 0 Å². The van der Waals surface area contributed by atoms with Crippen LogP contribution in [0.15, 0.2) is 23.3 Å². The number of carbonyl (C=O) groups is 3. The molecule has 0 rings (SSSR count). The van der Waals surface area contributed by atoms with Crippen molar-refractivity contribution in [2.45, 2.75) is 52.5 Å². The lowest BCUT2D eigenvalue weighted by Gasteiger charge is -2.01. The van der Waals surface area contributed by atoms with Crippen molar-refractivity contribution in [1.29, 1.82) is 0 Å². The van der Waals surface area contributed by atoms with Crippen LogP contribution >= 0.6 is 0 Å². The zero-order chi connectivity index (χ0) is 16.8. The molecule has 0 fully saturated rings. The van der Waals surface area contributed by atoms with Crippen LogP contribution in [0.4, 0.5) is 0 Å². The highest BCUT2D eigenvalue weighted by molar-refractivity contribution is 5.74. The molecule has 0 unspecified atom stereocenters. The second kappa shape index (κ2) is 13.1. The summed E-state index contributed by atoms with van der Waals surface area (Å²) in [5.41, 5.74) is 7.49. The molecule has 0 aliphatic rings. The van der Waals surface area contributed by atoms with Crippen LogP contribution in [0.3, 0.4) is 0 Å². The highest BCUT2D eigenvalue weighted by Gasteiger charge is 2.12. The van der Waals surface area contributed by atoms with Crippen molar-refractivity contribution in [3.8, 4) is 0 Å². The normalized spacial score (nSPS) is 11.7. The lowest BCUT2D eigenvalue weighted by Crippen LogP contribution is -2.30. The van der Waals surface area contributed by atoms with E-state index in [1.165, 1.54) is 5.57 Å². The van der Waals surface area contributed by atoms with Crippen molar-refractivity contribution in [1.82, 2.24) is 0 Å². The molecule has 0 heterocycles. The van der Waals surface area contributed by atoms with E-state index in [0.717, 1.165) is 24.7 Å². The average molecular weight is 299 g/mol. The smallest absolute Gasteiger partial charge is 0.320 e. The van der Waals surface area contributed by atoms with Crippen LogP contribution in [-0.4, -0.2) is 34.5 Å². The first-order valence-corrected chi connectivity index (χ1v) is 6.65. The molecule has 0 aromatic heterocycles. The Bertz CT molecular complexity index is 395. The summed E-state index contributed by atoms with van der Waals surface area (Å²) in [5.74, 6) is -2.20. The molecule has 0 saturated carbocycles. The monoisotopic (exact) mass is 299 g/mol. The molecule has 6 heteroatoms. The molecule has 0 aromatic carbocycles. The van der Waals surface area contributed by atoms with Gasteiger partial charge in [-0.3, -0.25) is 14.4 Å². The minimum absolute atomic E-state index is 0.0231.